The van der Waals surface area contributed by atoms with Crippen molar-refractivity contribution in [2.75, 3.05) is 43.5 Å². The zero-order valence-electron chi connectivity index (χ0n) is 18.8. The molecule has 1 amide bonds. The number of amides is 1. The molecule has 0 spiro atoms. The van der Waals surface area contributed by atoms with Gasteiger partial charge in [0.05, 0.1) is 41.6 Å². The van der Waals surface area contributed by atoms with Crippen LogP contribution in [0.15, 0.2) is 24.4 Å². The second-order valence-corrected chi connectivity index (χ2v) is 9.40. The van der Waals surface area contributed by atoms with Crippen molar-refractivity contribution in [3.05, 3.63) is 35.2 Å². The molecule has 2 aliphatic heterocycles. The van der Waals surface area contributed by atoms with E-state index in [0.29, 0.717) is 48.4 Å². The van der Waals surface area contributed by atoms with E-state index in [0.717, 1.165) is 19.4 Å². The Kier molecular flexibility index (Phi) is 7.43. The van der Waals surface area contributed by atoms with Crippen LogP contribution in [-0.4, -0.2) is 60.4 Å². The molecule has 2 atom stereocenters. The van der Waals surface area contributed by atoms with Crippen molar-refractivity contribution < 1.29 is 18.7 Å². The van der Waals surface area contributed by atoms with Crippen LogP contribution in [-0.2, 0) is 14.3 Å². The standard InChI is InChI=1S/C23H29ClFN5O3/c1-23(2)13-32-15(12-33-23)10-28-21-18(25)5-6-19(29-21)16-8-20(27-11-17(16)24)30-22(31)14-4-3-7-26-9-14/h5-6,8,11,14-15,26H,3-4,7,9-10,12-13H2,1-2H3,(H,28,29)(H,27,30,31)/t14-,15-/m1/s1. The topological polar surface area (TPSA) is 97.4 Å². The molecule has 0 saturated carbocycles. The highest BCUT2D eigenvalue weighted by atomic mass is 35.5. The molecule has 0 radical (unpaired) electrons. The number of ether oxygens (including phenoxy) is 2. The summed E-state index contributed by atoms with van der Waals surface area (Å²) in [5.41, 5.74) is 0.687. The van der Waals surface area contributed by atoms with Crippen LogP contribution in [0.25, 0.3) is 11.3 Å². The van der Waals surface area contributed by atoms with E-state index in [4.69, 9.17) is 21.1 Å². The van der Waals surface area contributed by atoms with Crippen LogP contribution >= 0.6 is 11.6 Å². The van der Waals surface area contributed by atoms with E-state index in [1.807, 2.05) is 13.8 Å². The van der Waals surface area contributed by atoms with E-state index in [1.165, 1.54) is 12.3 Å². The molecule has 4 heterocycles. The molecule has 2 aromatic heterocycles. The van der Waals surface area contributed by atoms with E-state index < -0.39 is 5.82 Å². The summed E-state index contributed by atoms with van der Waals surface area (Å²) < 4.78 is 25.9. The third-order valence-electron chi connectivity index (χ3n) is 5.72. The quantitative estimate of drug-likeness (QED) is 0.586. The third kappa shape index (κ3) is 6.17. The van der Waals surface area contributed by atoms with Crippen molar-refractivity contribution in [2.24, 2.45) is 5.92 Å². The summed E-state index contributed by atoms with van der Waals surface area (Å²) in [6.07, 6.45) is 3.05. The zero-order chi connectivity index (χ0) is 23.4. The largest absolute Gasteiger partial charge is 0.371 e. The Hall–Kier alpha value is -2.33. The lowest BCUT2D eigenvalue weighted by atomic mass is 9.99. The summed E-state index contributed by atoms with van der Waals surface area (Å²) >= 11 is 6.36. The van der Waals surface area contributed by atoms with Crippen molar-refractivity contribution in [1.82, 2.24) is 15.3 Å². The lowest BCUT2D eigenvalue weighted by Gasteiger charge is -2.35. The van der Waals surface area contributed by atoms with Gasteiger partial charge in [-0.2, -0.15) is 0 Å². The highest BCUT2D eigenvalue weighted by Crippen LogP contribution is 2.30. The number of pyridine rings is 2. The molecule has 2 fully saturated rings. The van der Waals surface area contributed by atoms with Crippen LogP contribution in [0.5, 0.6) is 0 Å². The molecule has 8 nitrogen and oxygen atoms in total. The molecule has 0 aromatic carbocycles. The maximum absolute atomic E-state index is 14.4. The van der Waals surface area contributed by atoms with E-state index in [1.54, 1.807) is 12.1 Å². The smallest absolute Gasteiger partial charge is 0.229 e. The average molecular weight is 478 g/mol. The summed E-state index contributed by atoms with van der Waals surface area (Å²) in [6, 6.07) is 4.52. The minimum Gasteiger partial charge on any atom is -0.371 e. The third-order valence-corrected chi connectivity index (χ3v) is 6.02. The summed E-state index contributed by atoms with van der Waals surface area (Å²) in [5.74, 6) is -0.209. The van der Waals surface area contributed by atoms with Crippen LogP contribution in [0, 0.1) is 11.7 Å². The fourth-order valence-electron chi connectivity index (χ4n) is 3.78. The van der Waals surface area contributed by atoms with Crippen molar-refractivity contribution in [2.45, 2.75) is 38.4 Å². The Morgan fingerprint density at radius 1 is 1.39 bits per heavy atom. The molecule has 0 aliphatic carbocycles. The number of carbonyl (C=O) groups excluding carboxylic acids is 1. The van der Waals surface area contributed by atoms with Crippen molar-refractivity contribution in [3.63, 3.8) is 0 Å². The summed E-state index contributed by atoms with van der Waals surface area (Å²) in [5, 5.41) is 9.43. The first-order valence-corrected chi connectivity index (χ1v) is 11.5. The summed E-state index contributed by atoms with van der Waals surface area (Å²) in [4.78, 5) is 21.2. The Morgan fingerprint density at radius 3 is 2.97 bits per heavy atom. The van der Waals surface area contributed by atoms with Crippen LogP contribution in [0.4, 0.5) is 16.0 Å². The highest BCUT2D eigenvalue weighted by Gasteiger charge is 2.28. The first kappa shape index (κ1) is 23.8. The predicted octanol–water partition coefficient (Wildman–Crippen LogP) is 3.48. The number of halogens is 2. The van der Waals surface area contributed by atoms with Gasteiger partial charge in [-0.05, 0) is 51.4 Å². The second-order valence-electron chi connectivity index (χ2n) is 8.99. The molecule has 4 rings (SSSR count). The number of hydrogen-bond donors (Lipinski definition) is 3. The van der Waals surface area contributed by atoms with Gasteiger partial charge in [0, 0.05) is 24.8 Å². The Balaban J connectivity index is 1.45. The van der Waals surface area contributed by atoms with Gasteiger partial charge in [-0.25, -0.2) is 14.4 Å². The normalized spacial score (nSPS) is 22.5. The molecule has 10 heteroatoms. The monoisotopic (exact) mass is 477 g/mol. The number of anilines is 2. The maximum atomic E-state index is 14.4. The first-order chi connectivity index (χ1) is 15.8. The Morgan fingerprint density at radius 2 is 2.24 bits per heavy atom. The minimum absolute atomic E-state index is 0.0877. The second kappa shape index (κ2) is 10.3. The van der Waals surface area contributed by atoms with Gasteiger partial charge in [0.15, 0.2) is 11.6 Å². The van der Waals surface area contributed by atoms with Gasteiger partial charge in [-0.3, -0.25) is 4.79 Å². The Bertz CT molecular complexity index is 990. The van der Waals surface area contributed by atoms with Crippen molar-refractivity contribution in [3.8, 4) is 11.3 Å². The van der Waals surface area contributed by atoms with Crippen LogP contribution in [0.2, 0.25) is 5.02 Å². The highest BCUT2D eigenvalue weighted by molar-refractivity contribution is 6.33. The average Bonchev–Trinajstić information content (AvgIpc) is 2.81. The van der Waals surface area contributed by atoms with Gasteiger partial charge >= 0.3 is 0 Å². The van der Waals surface area contributed by atoms with E-state index in [9.17, 15) is 9.18 Å². The molecule has 2 aromatic rings. The molecule has 2 aliphatic rings. The number of nitrogens with zero attached hydrogens (tertiary/aromatic N) is 2. The first-order valence-electron chi connectivity index (χ1n) is 11.1. The van der Waals surface area contributed by atoms with Crippen molar-refractivity contribution >= 4 is 29.1 Å². The molecule has 33 heavy (non-hydrogen) atoms. The number of hydrogen-bond acceptors (Lipinski definition) is 7. The molecular weight excluding hydrogens is 449 g/mol. The number of nitrogens with one attached hydrogen (secondary N) is 3. The van der Waals surface area contributed by atoms with Gasteiger partial charge in [0.25, 0.3) is 0 Å². The summed E-state index contributed by atoms with van der Waals surface area (Å²) in [7, 11) is 0. The summed E-state index contributed by atoms with van der Waals surface area (Å²) in [6.45, 7) is 6.73. The molecule has 2 saturated heterocycles. The molecule has 0 unspecified atom stereocenters. The fourth-order valence-corrected chi connectivity index (χ4v) is 3.98. The number of carbonyl (C=O) groups is 1. The van der Waals surface area contributed by atoms with Gasteiger partial charge in [-0.1, -0.05) is 11.6 Å². The van der Waals surface area contributed by atoms with Gasteiger partial charge < -0.3 is 25.4 Å². The lowest BCUT2D eigenvalue weighted by Crippen LogP contribution is -2.44. The van der Waals surface area contributed by atoms with Gasteiger partial charge in [0.2, 0.25) is 5.91 Å². The molecule has 3 N–H and O–H groups in total. The van der Waals surface area contributed by atoms with Crippen LogP contribution in [0.3, 0.4) is 0 Å². The van der Waals surface area contributed by atoms with Gasteiger partial charge in [0.1, 0.15) is 5.82 Å². The van der Waals surface area contributed by atoms with Crippen LogP contribution in [0.1, 0.15) is 26.7 Å². The van der Waals surface area contributed by atoms with Crippen molar-refractivity contribution in [1.29, 1.82) is 0 Å². The van der Waals surface area contributed by atoms with Crippen LogP contribution < -0.4 is 16.0 Å². The lowest BCUT2D eigenvalue weighted by molar-refractivity contribution is -0.170. The molecule has 178 valence electrons. The van der Waals surface area contributed by atoms with Gasteiger partial charge in [-0.15, -0.1) is 0 Å². The SMILES string of the molecule is CC1(C)CO[C@H](CNc2nc(-c3cc(NC(=O)[C@@H]4CCCNC4)ncc3Cl)ccc2F)CO1. The molecular formula is C23H29ClFN5O3. The number of piperidine rings is 1. The van der Waals surface area contributed by atoms with E-state index >= 15 is 0 Å². The van der Waals surface area contributed by atoms with E-state index in [2.05, 4.69) is 25.9 Å². The zero-order valence-corrected chi connectivity index (χ0v) is 19.5. The van der Waals surface area contributed by atoms with E-state index in [-0.39, 0.29) is 29.3 Å². The minimum atomic E-state index is -0.487. The number of rotatable bonds is 6. The fraction of sp³-hybridized carbons (Fsp3) is 0.522. The Labute approximate surface area is 197 Å². The predicted molar refractivity (Wildman–Crippen MR) is 125 cm³/mol. The maximum Gasteiger partial charge on any atom is 0.229 e. The number of aromatic nitrogens is 2. The molecule has 0 bridgehead atoms.